The van der Waals surface area contributed by atoms with Gasteiger partial charge in [0.05, 0.1) is 11.0 Å². The highest BCUT2D eigenvalue weighted by Crippen LogP contribution is 2.27. The Balaban J connectivity index is 1.78. The maximum absolute atomic E-state index is 10.8. The van der Waals surface area contributed by atoms with Crippen molar-refractivity contribution in [2.45, 2.75) is 6.92 Å². The molecule has 4 rings (SSSR count). The van der Waals surface area contributed by atoms with Crippen molar-refractivity contribution >= 4 is 17.3 Å². The molecular weight excluding hydrogens is 288 g/mol. The summed E-state index contributed by atoms with van der Waals surface area (Å²) < 4.78 is 5.49. The van der Waals surface area contributed by atoms with E-state index < -0.39 is 0 Å². The SMILES string of the molecule is Cc1ccc2nc(-c3cccc(-c4ccc(C=O)o4)c3)[nH]c2c1. The molecule has 0 unspecified atom stereocenters. The molecular formula is C19H14N2O2. The Morgan fingerprint density at radius 3 is 2.74 bits per heavy atom. The minimum absolute atomic E-state index is 0.324. The van der Waals surface area contributed by atoms with Gasteiger partial charge in [0.2, 0.25) is 0 Å². The molecule has 2 heterocycles. The number of aromatic nitrogens is 2. The number of fused-ring (bicyclic) bond motifs is 1. The van der Waals surface area contributed by atoms with Gasteiger partial charge < -0.3 is 9.40 Å². The normalized spacial score (nSPS) is 11.0. The first-order valence-electron chi connectivity index (χ1n) is 7.35. The van der Waals surface area contributed by atoms with Crippen LogP contribution in [0.25, 0.3) is 33.7 Å². The number of carbonyl (C=O) groups is 1. The van der Waals surface area contributed by atoms with Crippen LogP contribution >= 0.6 is 0 Å². The predicted molar refractivity (Wildman–Crippen MR) is 89.4 cm³/mol. The third-order valence-electron chi connectivity index (χ3n) is 3.80. The molecule has 0 atom stereocenters. The lowest BCUT2D eigenvalue weighted by molar-refractivity contribution is 0.110. The van der Waals surface area contributed by atoms with Crippen LogP contribution in [0.1, 0.15) is 16.1 Å². The van der Waals surface area contributed by atoms with Gasteiger partial charge in [0, 0.05) is 11.1 Å². The summed E-state index contributed by atoms with van der Waals surface area (Å²) in [7, 11) is 0. The van der Waals surface area contributed by atoms with Gasteiger partial charge in [0.15, 0.2) is 12.0 Å². The number of nitrogens with one attached hydrogen (secondary N) is 1. The van der Waals surface area contributed by atoms with Gasteiger partial charge in [-0.2, -0.15) is 0 Å². The Kier molecular flexibility index (Phi) is 3.08. The number of rotatable bonds is 3. The second-order valence-corrected chi connectivity index (χ2v) is 5.51. The summed E-state index contributed by atoms with van der Waals surface area (Å²) in [6, 6.07) is 17.5. The zero-order valence-corrected chi connectivity index (χ0v) is 12.5. The van der Waals surface area contributed by atoms with Gasteiger partial charge in [-0.3, -0.25) is 4.79 Å². The number of aryl methyl sites for hydroxylation is 1. The molecule has 4 aromatic rings. The Bertz CT molecular complexity index is 1010. The lowest BCUT2D eigenvalue weighted by Crippen LogP contribution is -1.82. The molecule has 2 aromatic heterocycles. The van der Waals surface area contributed by atoms with E-state index in [-0.39, 0.29) is 0 Å². The molecule has 0 amide bonds. The molecule has 0 fully saturated rings. The third kappa shape index (κ3) is 2.44. The Hall–Kier alpha value is -3.14. The summed E-state index contributed by atoms with van der Waals surface area (Å²) >= 11 is 0. The fourth-order valence-corrected chi connectivity index (χ4v) is 2.65. The molecule has 0 saturated carbocycles. The summed E-state index contributed by atoms with van der Waals surface area (Å²) in [5.74, 6) is 1.81. The summed E-state index contributed by atoms with van der Waals surface area (Å²) in [6.45, 7) is 2.06. The second kappa shape index (κ2) is 5.25. The maximum Gasteiger partial charge on any atom is 0.185 e. The highest BCUT2D eigenvalue weighted by Gasteiger charge is 2.09. The number of benzene rings is 2. The standard InChI is InChI=1S/C19H14N2O2/c1-12-5-7-16-17(9-12)21-19(20-16)14-4-2-3-13(10-14)18-8-6-15(11-22)23-18/h2-11H,1H3,(H,20,21). The zero-order chi connectivity index (χ0) is 15.8. The average Bonchev–Trinajstić information content (AvgIpc) is 3.21. The summed E-state index contributed by atoms with van der Waals surface area (Å²) in [6.07, 6.45) is 0.703. The number of aromatic amines is 1. The first kappa shape index (κ1) is 13.5. The van der Waals surface area contributed by atoms with Crippen molar-refractivity contribution in [3.63, 3.8) is 0 Å². The van der Waals surface area contributed by atoms with Crippen molar-refractivity contribution in [2.75, 3.05) is 0 Å². The van der Waals surface area contributed by atoms with Crippen LogP contribution in [0.4, 0.5) is 0 Å². The molecule has 0 aliphatic heterocycles. The Morgan fingerprint density at radius 2 is 1.91 bits per heavy atom. The number of aldehydes is 1. The Morgan fingerprint density at radius 1 is 1.04 bits per heavy atom. The highest BCUT2D eigenvalue weighted by atomic mass is 16.3. The predicted octanol–water partition coefficient (Wildman–Crippen LogP) is 4.61. The minimum Gasteiger partial charge on any atom is -0.453 e. The smallest absolute Gasteiger partial charge is 0.185 e. The fraction of sp³-hybridized carbons (Fsp3) is 0.0526. The van der Waals surface area contributed by atoms with Crippen LogP contribution < -0.4 is 0 Å². The van der Waals surface area contributed by atoms with Gasteiger partial charge in [-0.25, -0.2) is 4.98 Å². The number of hydrogen-bond donors (Lipinski definition) is 1. The van der Waals surface area contributed by atoms with E-state index in [4.69, 9.17) is 4.42 Å². The van der Waals surface area contributed by atoms with E-state index in [0.717, 1.165) is 28.0 Å². The highest BCUT2D eigenvalue weighted by molar-refractivity contribution is 5.81. The van der Waals surface area contributed by atoms with E-state index in [9.17, 15) is 4.79 Å². The van der Waals surface area contributed by atoms with E-state index in [1.807, 2.05) is 36.4 Å². The summed E-state index contributed by atoms with van der Waals surface area (Å²) in [5.41, 5.74) is 5.04. The molecule has 0 aliphatic carbocycles. The van der Waals surface area contributed by atoms with E-state index in [1.165, 1.54) is 5.56 Å². The molecule has 0 bridgehead atoms. The van der Waals surface area contributed by atoms with E-state index in [0.29, 0.717) is 17.8 Å². The average molecular weight is 302 g/mol. The van der Waals surface area contributed by atoms with Crippen LogP contribution in [0.5, 0.6) is 0 Å². The van der Waals surface area contributed by atoms with Crippen molar-refractivity contribution in [3.8, 4) is 22.7 Å². The number of imidazole rings is 1. The zero-order valence-electron chi connectivity index (χ0n) is 12.5. The van der Waals surface area contributed by atoms with Gasteiger partial charge in [-0.1, -0.05) is 24.3 Å². The number of H-pyrrole nitrogens is 1. The quantitative estimate of drug-likeness (QED) is 0.562. The van der Waals surface area contributed by atoms with Crippen LogP contribution in [-0.2, 0) is 0 Å². The van der Waals surface area contributed by atoms with Gasteiger partial charge >= 0.3 is 0 Å². The third-order valence-corrected chi connectivity index (χ3v) is 3.80. The molecule has 4 nitrogen and oxygen atoms in total. The second-order valence-electron chi connectivity index (χ2n) is 5.51. The van der Waals surface area contributed by atoms with Crippen molar-refractivity contribution in [1.82, 2.24) is 9.97 Å². The largest absolute Gasteiger partial charge is 0.453 e. The molecule has 23 heavy (non-hydrogen) atoms. The summed E-state index contributed by atoms with van der Waals surface area (Å²) in [5, 5.41) is 0. The molecule has 1 N–H and O–H groups in total. The van der Waals surface area contributed by atoms with E-state index in [1.54, 1.807) is 12.1 Å². The number of carbonyl (C=O) groups excluding carboxylic acids is 1. The van der Waals surface area contributed by atoms with Gasteiger partial charge in [0.1, 0.15) is 11.6 Å². The number of furan rings is 1. The summed E-state index contributed by atoms with van der Waals surface area (Å²) in [4.78, 5) is 18.7. The van der Waals surface area contributed by atoms with Gasteiger partial charge in [-0.15, -0.1) is 0 Å². The minimum atomic E-state index is 0.324. The van der Waals surface area contributed by atoms with Crippen molar-refractivity contribution in [2.24, 2.45) is 0 Å². The van der Waals surface area contributed by atoms with Gasteiger partial charge in [-0.05, 0) is 42.8 Å². The number of hydrogen-bond acceptors (Lipinski definition) is 3. The van der Waals surface area contributed by atoms with Crippen molar-refractivity contribution in [3.05, 3.63) is 65.9 Å². The van der Waals surface area contributed by atoms with Crippen LogP contribution in [0, 0.1) is 6.92 Å². The van der Waals surface area contributed by atoms with Crippen LogP contribution in [0.2, 0.25) is 0 Å². The first-order valence-corrected chi connectivity index (χ1v) is 7.35. The van der Waals surface area contributed by atoms with E-state index in [2.05, 4.69) is 23.0 Å². The molecule has 0 radical (unpaired) electrons. The van der Waals surface area contributed by atoms with Crippen LogP contribution in [-0.4, -0.2) is 16.3 Å². The fourth-order valence-electron chi connectivity index (χ4n) is 2.65. The molecule has 2 aromatic carbocycles. The number of nitrogens with zero attached hydrogens (tertiary/aromatic N) is 1. The van der Waals surface area contributed by atoms with E-state index >= 15 is 0 Å². The van der Waals surface area contributed by atoms with Crippen molar-refractivity contribution in [1.29, 1.82) is 0 Å². The lowest BCUT2D eigenvalue weighted by atomic mass is 10.1. The molecule has 0 saturated heterocycles. The molecule has 112 valence electrons. The maximum atomic E-state index is 10.8. The lowest BCUT2D eigenvalue weighted by Gasteiger charge is -2.00. The van der Waals surface area contributed by atoms with Gasteiger partial charge in [0.25, 0.3) is 0 Å². The first-order chi connectivity index (χ1) is 11.2. The molecule has 0 aliphatic rings. The van der Waals surface area contributed by atoms with Crippen LogP contribution in [0.15, 0.2) is 59.0 Å². The topological polar surface area (TPSA) is 58.9 Å². The molecule has 4 heteroatoms. The molecule has 0 spiro atoms. The van der Waals surface area contributed by atoms with Crippen molar-refractivity contribution < 1.29 is 9.21 Å². The Labute approximate surface area is 132 Å². The monoisotopic (exact) mass is 302 g/mol. The van der Waals surface area contributed by atoms with Crippen LogP contribution in [0.3, 0.4) is 0 Å².